The van der Waals surface area contributed by atoms with Gasteiger partial charge >= 0.3 is 0 Å². The molecule has 96 valence electrons. The topological polar surface area (TPSA) is 15.3 Å². The third-order valence-electron chi connectivity index (χ3n) is 3.17. The fraction of sp³-hybridized carbons (Fsp3) is 0.571. The number of rotatable bonds is 6. The summed E-state index contributed by atoms with van der Waals surface area (Å²) in [7, 11) is 4.06. The highest BCUT2D eigenvalue weighted by Gasteiger charge is 2.09. The molecule has 0 bridgehead atoms. The predicted molar refractivity (Wildman–Crippen MR) is 77.1 cm³/mol. The summed E-state index contributed by atoms with van der Waals surface area (Å²) in [6.45, 7) is 5.40. The number of halogens is 1. The molecule has 1 unspecified atom stereocenters. The summed E-state index contributed by atoms with van der Waals surface area (Å²) in [5.74, 6) is 0. The first kappa shape index (κ1) is 14.3. The van der Waals surface area contributed by atoms with Gasteiger partial charge in [-0.3, -0.25) is 0 Å². The number of benzene rings is 1. The van der Waals surface area contributed by atoms with Crippen LogP contribution in [-0.4, -0.2) is 20.6 Å². The van der Waals surface area contributed by atoms with E-state index in [1.165, 1.54) is 18.5 Å². The SMILES string of the molecule is CCCCN(C)c1ccc(C(C)NC)c(Cl)c1. The Hall–Kier alpha value is -0.730. The Kier molecular flexibility index (Phi) is 5.79. The number of anilines is 1. The van der Waals surface area contributed by atoms with Gasteiger partial charge in [-0.15, -0.1) is 0 Å². The van der Waals surface area contributed by atoms with Crippen LogP contribution in [-0.2, 0) is 0 Å². The van der Waals surface area contributed by atoms with Crippen LogP contribution in [0.25, 0.3) is 0 Å². The fourth-order valence-electron chi connectivity index (χ4n) is 1.78. The fourth-order valence-corrected chi connectivity index (χ4v) is 2.12. The lowest BCUT2D eigenvalue weighted by Crippen LogP contribution is -2.19. The van der Waals surface area contributed by atoms with E-state index in [2.05, 4.69) is 49.3 Å². The highest BCUT2D eigenvalue weighted by Crippen LogP contribution is 2.27. The Morgan fingerprint density at radius 2 is 2.12 bits per heavy atom. The van der Waals surface area contributed by atoms with Gasteiger partial charge in [0.15, 0.2) is 0 Å². The summed E-state index contributed by atoms with van der Waals surface area (Å²) in [6.07, 6.45) is 2.43. The van der Waals surface area contributed by atoms with Crippen molar-refractivity contribution in [3.63, 3.8) is 0 Å². The highest BCUT2D eigenvalue weighted by molar-refractivity contribution is 6.31. The van der Waals surface area contributed by atoms with Gasteiger partial charge in [-0.2, -0.15) is 0 Å². The predicted octanol–water partition coefficient (Wildman–Crippen LogP) is 3.86. The van der Waals surface area contributed by atoms with Crippen LogP contribution < -0.4 is 10.2 Å². The Balaban J connectivity index is 2.81. The van der Waals surface area contributed by atoms with Crippen molar-refractivity contribution in [3.8, 4) is 0 Å². The van der Waals surface area contributed by atoms with Crippen molar-refractivity contribution >= 4 is 17.3 Å². The molecule has 1 N–H and O–H groups in total. The summed E-state index contributed by atoms with van der Waals surface area (Å²) >= 11 is 6.31. The average molecular weight is 255 g/mol. The Morgan fingerprint density at radius 3 is 2.65 bits per heavy atom. The van der Waals surface area contributed by atoms with Crippen molar-refractivity contribution in [2.24, 2.45) is 0 Å². The van der Waals surface area contributed by atoms with Gasteiger partial charge in [0.1, 0.15) is 0 Å². The van der Waals surface area contributed by atoms with Gasteiger partial charge in [0.05, 0.1) is 0 Å². The smallest absolute Gasteiger partial charge is 0.0474 e. The van der Waals surface area contributed by atoms with Crippen LogP contribution in [0.1, 0.15) is 38.3 Å². The standard InChI is InChI=1S/C14H23ClN2/c1-5-6-9-17(4)12-7-8-13(11(2)16-3)14(15)10-12/h7-8,10-11,16H,5-6,9H2,1-4H3. The van der Waals surface area contributed by atoms with Gasteiger partial charge in [-0.1, -0.05) is 31.0 Å². The molecule has 1 atom stereocenters. The monoisotopic (exact) mass is 254 g/mol. The minimum absolute atomic E-state index is 0.289. The van der Waals surface area contributed by atoms with Crippen molar-refractivity contribution in [3.05, 3.63) is 28.8 Å². The number of hydrogen-bond donors (Lipinski definition) is 1. The summed E-state index contributed by atoms with van der Waals surface area (Å²) in [4.78, 5) is 2.25. The van der Waals surface area contributed by atoms with E-state index in [1.807, 2.05) is 7.05 Å². The summed E-state index contributed by atoms with van der Waals surface area (Å²) < 4.78 is 0. The molecule has 0 aliphatic rings. The molecule has 17 heavy (non-hydrogen) atoms. The Labute approximate surface area is 110 Å². The number of nitrogens with one attached hydrogen (secondary N) is 1. The lowest BCUT2D eigenvalue weighted by Gasteiger charge is -2.21. The maximum Gasteiger partial charge on any atom is 0.0474 e. The van der Waals surface area contributed by atoms with E-state index in [1.54, 1.807) is 0 Å². The second-order valence-electron chi connectivity index (χ2n) is 4.49. The number of unbranched alkanes of at least 4 members (excludes halogenated alkanes) is 1. The molecule has 0 fully saturated rings. The molecule has 0 spiro atoms. The minimum atomic E-state index is 0.289. The van der Waals surface area contributed by atoms with Gasteiger partial charge in [0, 0.05) is 30.3 Å². The van der Waals surface area contributed by atoms with Crippen LogP contribution in [0.15, 0.2) is 18.2 Å². The van der Waals surface area contributed by atoms with E-state index in [4.69, 9.17) is 11.6 Å². The van der Waals surface area contributed by atoms with Crippen molar-refractivity contribution in [2.75, 3.05) is 25.5 Å². The normalized spacial score (nSPS) is 12.5. The third-order valence-corrected chi connectivity index (χ3v) is 3.50. The van der Waals surface area contributed by atoms with Crippen LogP contribution >= 0.6 is 11.6 Å². The molecule has 1 aromatic carbocycles. The second-order valence-corrected chi connectivity index (χ2v) is 4.90. The first-order chi connectivity index (χ1) is 8.10. The Morgan fingerprint density at radius 1 is 1.41 bits per heavy atom. The van der Waals surface area contributed by atoms with Crippen LogP contribution in [0.5, 0.6) is 0 Å². The highest BCUT2D eigenvalue weighted by atomic mass is 35.5. The van der Waals surface area contributed by atoms with E-state index in [-0.39, 0.29) is 6.04 Å². The molecule has 0 radical (unpaired) electrons. The van der Waals surface area contributed by atoms with Gasteiger partial charge in [-0.25, -0.2) is 0 Å². The maximum absolute atomic E-state index is 6.31. The van der Waals surface area contributed by atoms with Crippen molar-refractivity contribution in [1.29, 1.82) is 0 Å². The lowest BCUT2D eigenvalue weighted by molar-refractivity contribution is 0.652. The molecule has 1 rings (SSSR count). The van der Waals surface area contributed by atoms with Crippen LogP contribution in [0.3, 0.4) is 0 Å². The molecule has 0 amide bonds. The van der Waals surface area contributed by atoms with Crippen molar-refractivity contribution in [1.82, 2.24) is 5.32 Å². The molecule has 0 heterocycles. The van der Waals surface area contributed by atoms with E-state index >= 15 is 0 Å². The molecular weight excluding hydrogens is 232 g/mol. The zero-order chi connectivity index (χ0) is 12.8. The molecule has 0 aliphatic carbocycles. The van der Waals surface area contributed by atoms with Crippen molar-refractivity contribution in [2.45, 2.75) is 32.7 Å². The maximum atomic E-state index is 6.31. The van der Waals surface area contributed by atoms with E-state index in [9.17, 15) is 0 Å². The van der Waals surface area contributed by atoms with Crippen LogP contribution in [0, 0.1) is 0 Å². The minimum Gasteiger partial charge on any atom is -0.375 e. The van der Waals surface area contributed by atoms with Gasteiger partial charge in [0.25, 0.3) is 0 Å². The molecule has 1 aromatic rings. The third kappa shape index (κ3) is 3.90. The first-order valence-corrected chi connectivity index (χ1v) is 6.65. The molecule has 0 aliphatic heterocycles. The number of nitrogens with zero attached hydrogens (tertiary/aromatic N) is 1. The van der Waals surface area contributed by atoms with Crippen LogP contribution in [0.2, 0.25) is 5.02 Å². The van der Waals surface area contributed by atoms with Crippen LogP contribution in [0.4, 0.5) is 5.69 Å². The zero-order valence-electron chi connectivity index (χ0n) is 11.3. The largest absolute Gasteiger partial charge is 0.375 e. The zero-order valence-corrected chi connectivity index (χ0v) is 12.0. The molecule has 2 nitrogen and oxygen atoms in total. The van der Waals surface area contributed by atoms with E-state index in [0.717, 1.165) is 17.1 Å². The molecule has 0 saturated heterocycles. The van der Waals surface area contributed by atoms with Gasteiger partial charge in [-0.05, 0) is 38.1 Å². The Bertz CT molecular complexity index is 352. The quantitative estimate of drug-likeness (QED) is 0.830. The molecule has 0 aromatic heterocycles. The average Bonchev–Trinajstić information content (AvgIpc) is 2.34. The second kappa shape index (κ2) is 6.87. The molecule has 3 heteroatoms. The summed E-state index contributed by atoms with van der Waals surface area (Å²) in [5, 5.41) is 4.05. The van der Waals surface area contributed by atoms with E-state index in [0.29, 0.717) is 0 Å². The first-order valence-electron chi connectivity index (χ1n) is 6.28. The van der Waals surface area contributed by atoms with Gasteiger partial charge in [0.2, 0.25) is 0 Å². The molecular formula is C14H23ClN2. The van der Waals surface area contributed by atoms with Crippen molar-refractivity contribution < 1.29 is 0 Å². The summed E-state index contributed by atoms with van der Waals surface area (Å²) in [6, 6.07) is 6.60. The lowest BCUT2D eigenvalue weighted by atomic mass is 10.1. The van der Waals surface area contributed by atoms with E-state index < -0.39 is 0 Å². The summed E-state index contributed by atoms with van der Waals surface area (Å²) in [5.41, 5.74) is 2.34. The molecule has 0 saturated carbocycles. The number of hydrogen-bond acceptors (Lipinski definition) is 2. The van der Waals surface area contributed by atoms with Gasteiger partial charge < -0.3 is 10.2 Å².